The van der Waals surface area contributed by atoms with E-state index < -0.39 is 0 Å². The molecule has 5 aliphatic heterocycles. The van der Waals surface area contributed by atoms with Crippen LogP contribution in [0.15, 0.2) is 0 Å². The molecule has 0 aromatic carbocycles. The fraction of sp³-hybridized carbons (Fsp3) is 1.00. The Kier molecular flexibility index (Phi) is 20.2. The molecule has 0 aliphatic carbocycles. The predicted octanol–water partition coefficient (Wildman–Crippen LogP) is -0.105. The van der Waals surface area contributed by atoms with Crippen LogP contribution in [-0.4, -0.2) is 91.8 Å². The van der Waals surface area contributed by atoms with Crippen molar-refractivity contribution in [3.05, 3.63) is 0 Å². The van der Waals surface area contributed by atoms with E-state index in [1.165, 1.54) is 77.8 Å². The van der Waals surface area contributed by atoms with Gasteiger partial charge in [-0.25, -0.2) is 0 Å². The summed E-state index contributed by atoms with van der Waals surface area (Å²) in [5, 5.41) is 19.2. The number of ether oxygens (including phenoxy) is 1. The first-order valence-corrected chi connectivity index (χ1v) is 11.3. The van der Waals surface area contributed by atoms with Crippen LogP contribution in [0.2, 0.25) is 0 Å². The molecule has 0 unspecified atom stereocenters. The van der Waals surface area contributed by atoms with Crippen molar-refractivity contribution in [2.45, 2.75) is 38.5 Å². The summed E-state index contributed by atoms with van der Waals surface area (Å²) in [6.07, 6.45) is 8.38. The summed E-state index contributed by atoms with van der Waals surface area (Å²) < 4.78 is 5.01. The molecule has 7 heteroatoms. The number of morpholine rings is 1. The predicted molar refractivity (Wildman–Crippen MR) is 116 cm³/mol. The van der Waals surface area contributed by atoms with Crippen LogP contribution in [0, 0.1) is 0 Å². The fourth-order valence-electron chi connectivity index (χ4n) is 2.72. The summed E-state index contributed by atoms with van der Waals surface area (Å²) >= 11 is 0. The van der Waals surface area contributed by atoms with E-state index in [0.717, 1.165) is 52.5 Å². The van der Waals surface area contributed by atoms with E-state index in [4.69, 9.17) is 4.74 Å². The van der Waals surface area contributed by atoms with Crippen molar-refractivity contribution in [2.75, 3.05) is 91.8 Å². The van der Waals surface area contributed by atoms with Crippen molar-refractivity contribution < 1.29 is 4.74 Å². The number of hydrogen-bond acceptors (Lipinski definition) is 7. The Hall–Kier alpha value is -0.280. The second-order valence-corrected chi connectivity index (χ2v) is 7.23. The molecule has 0 aromatic rings. The average molecular weight is 387 g/mol. The lowest BCUT2D eigenvalue weighted by Gasteiger charge is -2.11. The molecule has 5 heterocycles. The van der Waals surface area contributed by atoms with Gasteiger partial charge in [0.15, 0.2) is 0 Å². The third-order valence-corrected chi connectivity index (χ3v) is 4.67. The van der Waals surface area contributed by atoms with E-state index in [2.05, 4.69) is 31.9 Å². The zero-order valence-electron chi connectivity index (χ0n) is 17.6. The van der Waals surface area contributed by atoms with Crippen LogP contribution >= 0.6 is 0 Å². The second kappa shape index (κ2) is 22.0. The van der Waals surface area contributed by atoms with Gasteiger partial charge >= 0.3 is 0 Å². The highest BCUT2D eigenvalue weighted by atomic mass is 16.5. The van der Waals surface area contributed by atoms with Crippen LogP contribution in [0.1, 0.15) is 38.5 Å². The second-order valence-electron chi connectivity index (χ2n) is 7.23. The van der Waals surface area contributed by atoms with Crippen molar-refractivity contribution in [1.82, 2.24) is 31.9 Å². The van der Waals surface area contributed by atoms with Crippen molar-refractivity contribution in [3.63, 3.8) is 0 Å². The molecule has 162 valence electrons. The first-order valence-electron chi connectivity index (χ1n) is 11.3. The molecule has 0 bridgehead atoms. The van der Waals surface area contributed by atoms with Gasteiger partial charge in [-0.2, -0.15) is 0 Å². The Morgan fingerprint density at radius 3 is 0.741 bits per heavy atom. The zero-order valence-corrected chi connectivity index (χ0v) is 17.6. The molecule has 0 spiro atoms. The molecule has 0 saturated carbocycles. The minimum atomic E-state index is 0.889. The van der Waals surface area contributed by atoms with Crippen LogP contribution in [0.4, 0.5) is 0 Å². The molecule has 5 rings (SSSR count). The maximum absolute atomic E-state index is 5.01. The molecule has 0 radical (unpaired) electrons. The Balaban J connectivity index is 0.000000170. The summed E-state index contributed by atoms with van der Waals surface area (Å²) in [6.45, 7) is 15.9. The first-order chi connectivity index (χ1) is 13.5. The highest BCUT2D eigenvalue weighted by molar-refractivity contribution is 4.59. The smallest absolute Gasteiger partial charge is 0.0591 e. The zero-order chi connectivity index (χ0) is 19.1. The van der Waals surface area contributed by atoms with Gasteiger partial charge in [0.25, 0.3) is 0 Å². The molecule has 27 heavy (non-hydrogen) atoms. The van der Waals surface area contributed by atoms with Crippen molar-refractivity contribution in [1.29, 1.82) is 0 Å². The Morgan fingerprint density at radius 2 is 0.593 bits per heavy atom. The Labute approximate surface area is 167 Å². The molecule has 5 aliphatic rings. The Morgan fingerprint density at radius 1 is 0.296 bits per heavy atom. The lowest BCUT2D eigenvalue weighted by atomic mass is 10.2. The minimum absolute atomic E-state index is 0.889. The number of nitrogens with one attached hydrogen (secondary N) is 6. The van der Waals surface area contributed by atoms with E-state index in [0.29, 0.717) is 0 Å². The number of hydrogen-bond donors (Lipinski definition) is 6. The number of piperazine rings is 1. The van der Waals surface area contributed by atoms with Gasteiger partial charge in [-0.15, -0.1) is 0 Å². The van der Waals surface area contributed by atoms with Crippen molar-refractivity contribution in [3.8, 4) is 0 Å². The lowest BCUT2D eigenvalue weighted by molar-refractivity contribution is 0.109. The topological polar surface area (TPSA) is 81.4 Å². The van der Waals surface area contributed by atoms with Gasteiger partial charge in [-0.1, -0.05) is 6.42 Å². The van der Waals surface area contributed by atoms with Crippen LogP contribution in [0.5, 0.6) is 0 Å². The monoisotopic (exact) mass is 386 g/mol. The maximum Gasteiger partial charge on any atom is 0.0591 e. The van der Waals surface area contributed by atoms with E-state index >= 15 is 0 Å². The van der Waals surface area contributed by atoms with E-state index in [1.54, 1.807) is 0 Å². The van der Waals surface area contributed by atoms with E-state index in [9.17, 15) is 0 Å². The molecule has 6 N–H and O–H groups in total. The van der Waals surface area contributed by atoms with Crippen LogP contribution in [0.25, 0.3) is 0 Å². The average Bonchev–Trinajstić information content (AvgIpc) is 3.32. The van der Waals surface area contributed by atoms with Crippen LogP contribution in [-0.2, 0) is 4.74 Å². The molecule has 0 atom stereocenters. The Bertz CT molecular complexity index is 189. The van der Waals surface area contributed by atoms with Crippen molar-refractivity contribution >= 4 is 0 Å². The van der Waals surface area contributed by atoms with Gasteiger partial charge in [0.1, 0.15) is 0 Å². The van der Waals surface area contributed by atoms with Crippen LogP contribution < -0.4 is 31.9 Å². The highest BCUT2D eigenvalue weighted by Crippen LogP contribution is 1.96. The first kappa shape index (κ1) is 24.8. The summed E-state index contributed by atoms with van der Waals surface area (Å²) in [6, 6.07) is 0. The molecule has 0 amide bonds. The fourth-order valence-corrected chi connectivity index (χ4v) is 2.72. The lowest BCUT2D eigenvalue weighted by Crippen LogP contribution is -2.39. The third-order valence-electron chi connectivity index (χ3n) is 4.67. The van der Waals surface area contributed by atoms with Crippen molar-refractivity contribution in [2.24, 2.45) is 0 Å². The molecule has 5 fully saturated rings. The summed E-state index contributed by atoms with van der Waals surface area (Å²) in [7, 11) is 0. The molecular weight excluding hydrogens is 340 g/mol. The standard InChI is InChI=1S/C5H11N.C4H10N2.C4H9NO.C4H9N.C3H7N/c1-2-4-6-5-3-1;1-2-6-4-3-5-1;1-3-6-4-2-5-1;1-2-4-5-3-1;1-2-4-3-1/h6H,1-5H2;5-6H,1-4H2;5H,1-4H2;5H,1-4H2;4H,1-3H2. The van der Waals surface area contributed by atoms with E-state index in [1.807, 2.05) is 0 Å². The highest BCUT2D eigenvalue weighted by Gasteiger charge is 1.95. The normalized spacial score (nSPS) is 24.0. The number of piperidine rings is 1. The van der Waals surface area contributed by atoms with Crippen LogP contribution in [0.3, 0.4) is 0 Å². The van der Waals surface area contributed by atoms with Gasteiger partial charge in [0.2, 0.25) is 0 Å². The van der Waals surface area contributed by atoms with Gasteiger partial charge in [-0.05, 0) is 71.4 Å². The molecule has 7 nitrogen and oxygen atoms in total. The largest absolute Gasteiger partial charge is 0.379 e. The summed E-state index contributed by atoms with van der Waals surface area (Å²) in [4.78, 5) is 0. The SMILES string of the molecule is C1CCNC1.C1CCNCC1.C1CNC1.C1CNCCN1.C1COCCN1. The summed E-state index contributed by atoms with van der Waals surface area (Å²) in [5.74, 6) is 0. The van der Waals surface area contributed by atoms with Gasteiger partial charge in [0.05, 0.1) is 13.2 Å². The quantitative estimate of drug-likeness (QED) is 0.347. The molecule has 0 aromatic heterocycles. The number of rotatable bonds is 0. The maximum atomic E-state index is 5.01. The van der Waals surface area contributed by atoms with E-state index in [-0.39, 0.29) is 0 Å². The van der Waals surface area contributed by atoms with Gasteiger partial charge < -0.3 is 36.6 Å². The van der Waals surface area contributed by atoms with Gasteiger partial charge in [0, 0.05) is 39.3 Å². The third kappa shape index (κ3) is 20.3. The summed E-state index contributed by atoms with van der Waals surface area (Å²) in [5.41, 5.74) is 0. The minimum Gasteiger partial charge on any atom is -0.379 e. The molecule has 5 saturated heterocycles. The van der Waals surface area contributed by atoms with Gasteiger partial charge in [-0.3, -0.25) is 0 Å². The molecular formula is C20H46N6O.